The van der Waals surface area contributed by atoms with E-state index in [1.807, 2.05) is 19.2 Å². The van der Waals surface area contributed by atoms with E-state index in [9.17, 15) is 19.5 Å². The van der Waals surface area contributed by atoms with Crippen molar-refractivity contribution in [2.75, 3.05) is 12.0 Å². The van der Waals surface area contributed by atoms with Crippen LogP contribution in [0.3, 0.4) is 0 Å². The molecule has 0 radical (unpaired) electrons. The Bertz CT molecular complexity index is 1150. The lowest BCUT2D eigenvalue weighted by Crippen LogP contribution is -2.54. The molecular formula is C21H17N3O5S. The Labute approximate surface area is 176 Å². The highest BCUT2D eigenvalue weighted by molar-refractivity contribution is 8.03. The number of nitriles is 1. The molecule has 1 aliphatic heterocycles. The van der Waals surface area contributed by atoms with Gasteiger partial charge in [0.2, 0.25) is 0 Å². The molecule has 3 rings (SSSR count). The van der Waals surface area contributed by atoms with E-state index in [0.717, 1.165) is 16.0 Å². The first-order chi connectivity index (χ1) is 14.3. The number of nitrogens with one attached hydrogen (secondary N) is 1. The standard InChI is InChI=1S/C21H17N3O5S/c1-11-4-5-14(6-12(11)2)24-20(27)15(19(26)23-21(24)28)7-13-8-16(29-3)18(25)17(9-13)30-10-22/h4-9,25H,1-3H3,(H,23,26,28)/b15-7-. The number of thiocyanates is 1. The zero-order valence-electron chi connectivity index (χ0n) is 16.3. The molecule has 0 aromatic heterocycles. The molecular weight excluding hydrogens is 406 g/mol. The van der Waals surface area contributed by atoms with Gasteiger partial charge in [0, 0.05) is 0 Å². The Morgan fingerprint density at radius 1 is 1.17 bits per heavy atom. The average molecular weight is 423 g/mol. The summed E-state index contributed by atoms with van der Waals surface area (Å²) < 4.78 is 5.10. The first kappa shape index (κ1) is 21.0. The largest absolute Gasteiger partial charge is 0.503 e. The van der Waals surface area contributed by atoms with E-state index in [2.05, 4.69) is 5.32 Å². The summed E-state index contributed by atoms with van der Waals surface area (Å²) >= 11 is 0.706. The highest BCUT2D eigenvalue weighted by Gasteiger charge is 2.37. The topological polar surface area (TPSA) is 120 Å². The quantitative estimate of drug-likeness (QED) is 0.335. The molecule has 2 aromatic rings. The third-order valence-corrected chi connectivity index (χ3v) is 5.22. The number of ether oxygens (including phenoxy) is 1. The second kappa shape index (κ2) is 8.31. The van der Waals surface area contributed by atoms with Crippen LogP contribution in [0.4, 0.5) is 10.5 Å². The molecule has 2 N–H and O–H groups in total. The molecule has 0 spiro atoms. The molecule has 1 fully saturated rings. The number of phenols is 1. The molecule has 1 saturated heterocycles. The van der Waals surface area contributed by atoms with Gasteiger partial charge in [-0.3, -0.25) is 14.9 Å². The van der Waals surface area contributed by atoms with Crippen molar-refractivity contribution in [2.24, 2.45) is 0 Å². The molecule has 0 bridgehead atoms. The normalized spacial score (nSPS) is 15.2. The summed E-state index contributed by atoms with van der Waals surface area (Å²) in [5.74, 6) is -1.77. The zero-order valence-corrected chi connectivity index (χ0v) is 17.2. The number of carbonyl (C=O) groups is 3. The molecule has 30 heavy (non-hydrogen) atoms. The molecule has 8 nitrogen and oxygen atoms in total. The second-order valence-electron chi connectivity index (χ2n) is 6.49. The van der Waals surface area contributed by atoms with Gasteiger partial charge >= 0.3 is 6.03 Å². The minimum absolute atomic E-state index is 0.0767. The second-order valence-corrected chi connectivity index (χ2v) is 7.32. The number of rotatable bonds is 4. The van der Waals surface area contributed by atoms with Gasteiger partial charge in [-0.25, -0.2) is 9.69 Å². The summed E-state index contributed by atoms with van der Waals surface area (Å²) in [4.78, 5) is 38.8. The van der Waals surface area contributed by atoms with Crippen LogP contribution in [0.25, 0.3) is 6.08 Å². The predicted molar refractivity (Wildman–Crippen MR) is 111 cm³/mol. The lowest BCUT2D eigenvalue weighted by Gasteiger charge is -2.27. The Balaban J connectivity index is 2.07. The molecule has 4 amide bonds. The van der Waals surface area contributed by atoms with Crippen LogP contribution in [0.5, 0.6) is 11.5 Å². The number of nitrogens with zero attached hydrogens (tertiary/aromatic N) is 2. The maximum atomic E-state index is 13.0. The number of hydrogen-bond donors (Lipinski definition) is 2. The summed E-state index contributed by atoms with van der Waals surface area (Å²) in [6, 6.07) is 7.11. The fraction of sp³-hybridized carbons (Fsp3) is 0.143. The molecule has 2 aromatic carbocycles. The smallest absolute Gasteiger partial charge is 0.335 e. The van der Waals surface area contributed by atoms with E-state index in [1.165, 1.54) is 25.3 Å². The highest BCUT2D eigenvalue weighted by Crippen LogP contribution is 2.38. The van der Waals surface area contributed by atoms with Crippen LogP contribution in [0, 0.1) is 24.5 Å². The van der Waals surface area contributed by atoms with E-state index in [0.29, 0.717) is 23.0 Å². The van der Waals surface area contributed by atoms with Crippen molar-refractivity contribution in [1.29, 1.82) is 5.26 Å². The number of amides is 4. The van der Waals surface area contributed by atoms with Crippen LogP contribution in [0.15, 0.2) is 40.8 Å². The van der Waals surface area contributed by atoms with Crippen LogP contribution in [-0.2, 0) is 9.59 Å². The van der Waals surface area contributed by atoms with Crippen LogP contribution in [-0.4, -0.2) is 30.1 Å². The van der Waals surface area contributed by atoms with Crippen LogP contribution in [0.1, 0.15) is 16.7 Å². The first-order valence-corrected chi connectivity index (χ1v) is 9.54. The van der Waals surface area contributed by atoms with Gasteiger partial charge in [-0.1, -0.05) is 6.07 Å². The lowest BCUT2D eigenvalue weighted by atomic mass is 10.0. The summed E-state index contributed by atoms with van der Waals surface area (Å²) in [6.45, 7) is 3.76. The SMILES string of the molecule is COc1cc(/C=C2/C(=O)NC(=O)N(c3ccc(C)c(C)c3)C2=O)cc(SC#N)c1O. The Hall–Kier alpha value is -3.77. The molecule has 1 heterocycles. The van der Waals surface area contributed by atoms with Gasteiger partial charge in [0.25, 0.3) is 11.8 Å². The van der Waals surface area contributed by atoms with E-state index >= 15 is 0 Å². The van der Waals surface area contributed by atoms with Crippen molar-refractivity contribution < 1.29 is 24.2 Å². The van der Waals surface area contributed by atoms with Crippen LogP contribution in [0.2, 0.25) is 0 Å². The van der Waals surface area contributed by atoms with E-state index in [1.54, 1.807) is 18.2 Å². The van der Waals surface area contributed by atoms with Crippen molar-refractivity contribution in [3.63, 3.8) is 0 Å². The molecule has 0 atom stereocenters. The third kappa shape index (κ3) is 3.86. The predicted octanol–water partition coefficient (Wildman–Crippen LogP) is 3.26. The van der Waals surface area contributed by atoms with Crippen molar-refractivity contribution in [3.8, 4) is 16.9 Å². The number of aromatic hydroxyl groups is 1. The van der Waals surface area contributed by atoms with Gasteiger partial charge in [0.1, 0.15) is 11.0 Å². The van der Waals surface area contributed by atoms with E-state index in [4.69, 9.17) is 10.00 Å². The number of aryl methyl sites for hydroxylation is 2. The maximum Gasteiger partial charge on any atom is 0.335 e. The molecule has 0 unspecified atom stereocenters. The number of barbiturate groups is 1. The minimum atomic E-state index is -0.841. The van der Waals surface area contributed by atoms with Gasteiger partial charge in [0.15, 0.2) is 11.5 Å². The molecule has 9 heteroatoms. The van der Waals surface area contributed by atoms with Gasteiger partial charge in [0.05, 0.1) is 17.7 Å². The summed E-state index contributed by atoms with van der Waals surface area (Å²) in [6.07, 6.45) is 1.28. The number of imide groups is 2. The first-order valence-electron chi connectivity index (χ1n) is 8.72. The number of anilines is 1. The monoisotopic (exact) mass is 423 g/mol. The fourth-order valence-electron chi connectivity index (χ4n) is 2.89. The van der Waals surface area contributed by atoms with Crippen LogP contribution >= 0.6 is 11.8 Å². The van der Waals surface area contributed by atoms with Gasteiger partial charge in [-0.2, -0.15) is 5.26 Å². The van der Waals surface area contributed by atoms with Crippen molar-refractivity contribution in [3.05, 3.63) is 52.6 Å². The molecule has 0 saturated carbocycles. The Morgan fingerprint density at radius 2 is 1.90 bits per heavy atom. The zero-order chi connectivity index (χ0) is 22.0. The number of phenolic OH excluding ortho intramolecular Hbond substituents is 1. The molecule has 0 aliphatic carbocycles. The van der Waals surface area contributed by atoms with Gasteiger partial charge in [-0.15, -0.1) is 0 Å². The lowest BCUT2D eigenvalue weighted by molar-refractivity contribution is -0.122. The van der Waals surface area contributed by atoms with E-state index in [-0.39, 0.29) is 22.0 Å². The minimum Gasteiger partial charge on any atom is -0.503 e. The van der Waals surface area contributed by atoms with Crippen molar-refractivity contribution >= 4 is 41.4 Å². The highest BCUT2D eigenvalue weighted by atomic mass is 32.2. The molecule has 1 aliphatic rings. The number of benzene rings is 2. The number of carbonyl (C=O) groups excluding carboxylic acids is 3. The van der Waals surface area contributed by atoms with Gasteiger partial charge < -0.3 is 9.84 Å². The average Bonchev–Trinajstić information content (AvgIpc) is 2.70. The Morgan fingerprint density at radius 3 is 2.53 bits per heavy atom. The number of urea groups is 1. The Kier molecular flexibility index (Phi) is 5.80. The van der Waals surface area contributed by atoms with Crippen LogP contribution < -0.4 is 15.0 Å². The van der Waals surface area contributed by atoms with E-state index < -0.39 is 17.8 Å². The summed E-state index contributed by atoms with van der Waals surface area (Å²) in [5, 5.41) is 23.0. The number of thioether (sulfide) groups is 1. The molecule has 152 valence electrons. The summed E-state index contributed by atoms with van der Waals surface area (Å²) in [7, 11) is 1.34. The maximum absolute atomic E-state index is 13.0. The van der Waals surface area contributed by atoms with Gasteiger partial charge in [-0.05, 0) is 72.6 Å². The number of methoxy groups -OCH3 is 1. The summed E-state index contributed by atoms with van der Waals surface area (Å²) in [5.41, 5.74) is 2.29. The fourth-order valence-corrected chi connectivity index (χ4v) is 3.38. The third-order valence-electron chi connectivity index (χ3n) is 4.60. The number of hydrogen-bond acceptors (Lipinski definition) is 7. The van der Waals surface area contributed by atoms with Crippen molar-refractivity contribution in [2.45, 2.75) is 18.7 Å². The van der Waals surface area contributed by atoms with Crippen molar-refractivity contribution in [1.82, 2.24) is 5.32 Å².